The van der Waals surface area contributed by atoms with Crippen molar-refractivity contribution in [2.45, 2.75) is 50.8 Å². The van der Waals surface area contributed by atoms with Crippen LogP contribution in [0.3, 0.4) is 0 Å². The normalized spacial score (nSPS) is 61.8. The molecule has 0 amide bonds. The summed E-state index contributed by atoms with van der Waals surface area (Å²) in [5, 5.41) is 0. The molecule has 2 nitrogen and oxygen atoms in total. The molecule has 1 unspecified atom stereocenters. The second kappa shape index (κ2) is 3.63. The zero-order chi connectivity index (χ0) is 15.7. The molecule has 6 rings (SSSR count). The molecular formula is C19H23BrO2. The van der Waals surface area contributed by atoms with E-state index >= 15 is 0 Å². The Labute approximate surface area is 140 Å². The molecule has 3 heteroatoms. The number of carbonyl (C=O) groups is 2. The lowest BCUT2D eigenvalue weighted by Crippen LogP contribution is -2.61. The Kier molecular flexibility index (Phi) is 2.30. The van der Waals surface area contributed by atoms with Crippen molar-refractivity contribution in [1.29, 1.82) is 0 Å². The van der Waals surface area contributed by atoms with E-state index in [2.05, 4.69) is 36.4 Å². The third-order valence-corrected chi connectivity index (χ3v) is 9.66. The summed E-state index contributed by atoms with van der Waals surface area (Å²) in [5.74, 6) is 1.82. The Morgan fingerprint density at radius 3 is 2.55 bits per heavy atom. The molecule has 1 spiro atoms. The van der Waals surface area contributed by atoms with Gasteiger partial charge in [-0.25, -0.2) is 0 Å². The van der Waals surface area contributed by atoms with Gasteiger partial charge in [0.05, 0.1) is 5.41 Å². The summed E-state index contributed by atoms with van der Waals surface area (Å²) < 4.78 is 0. The molecule has 0 saturated heterocycles. The van der Waals surface area contributed by atoms with Crippen LogP contribution in [0.5, 0.6) is 0 Å². The van der Waals surface area contributed by atoms with Crippen molar-refractivity contribution >= 4 is 27.5 Å². The number of ketones is 2. The SMILES string of the molecule is C=C1[C@H]2CC[C@@]34C(=O)C5[C@H](C[C@H]3[C@]2(C)CC[C@@H]1Br)[C@]5(C)C4=O. The van der Waals surface area contributed by atoms with E-state index in [1.807, 2.05) is 0 Å². The van der Waals surface area contributed by atoms with Crippen LogP contribution >= 0.6 is 15.9 Å². The van der Waals surface area contributed by atoms with Gasteiger partial charge < -0.3 is 0 Å². The molecule has 22 heavy (non-hydrogen) atoms. The van der Waals surface area contributed by atoms with Crippen molar-refractivity contribution < 1.29 is 9.59 Å². The van der Waals surface area contributed by atoms with E-state index in [0.29, 0.717) is 28.2 Å². The van der Waals surface area contributed by atoms with Gasteiger partial charge in [-0.15, -0.1) is 0 Å². The number of allylic oxidation sites excluding steroid dienone is 1. The molecule has 118 valence electrons. The maximum Gasteiger partial charge on any atom is 0.153 e. The molecule has 0 aromatic rings. The lowest BCUT2D eigenvalue weighted by Gasteiger charge is -2.61. The first-order valence-electron chi connectivity index (χ1n) is 8.71. The van der Waals surface area contributed by atoms with Crippen LogP contribution in [0.4, 0.5) is 0 Å². The van der Waals surface area contributed by atoms with Gasteiger partial charge in [-0.05, 0) is 55.3 Å². The average Bonchev–Trinajstić information content (AvgIpc) is 3.07. The molecule has 0 N–H and O–H groups in total. The van der Waals surface area contributed by atoms with Crippen molar-refractivity contribution in [1.82, 2.24) is 0 Å². The highest BCUT2D eigenvalue weighted by Gasteiger charge is 2.87. The summed E-state index contributed by atoms with van der Waals surface area (Å²) in [4.78, 5) is 26.7. The fraction of sp³-hybridized carbons (Fsp3) is 0.789. The topological polar surface area (TPSA) is 34.1 Å². The molecule has 4 bridgehead atoms. The second-order valence-electron chi connectivity index (χ2n) is 9.00. The minimum Gasteiger partial charge on any atom is -0.298 e. The van der Waals surface area contributed by atoms with E-state index in [1.54, 1.807) is 0 Å². The molecule has 0 aliphatic heterocycles. The summed E-state index contributed by atoms with van der Waals surface area (Å²) >= 11 is 3.77. The molecule has 6 aliphatic carbocycles. The number of rotatable bonds is 0. The first-order chi connectivity index (χ1) is 10.3. The molecule has 0 aromatic carbocycles. The number of halogens is 1. The number of hydrogen-bond donors (Lipinski definition) is 0. The minimum atomic E-state index is -0.612. The van der Waals surface area contributed by atoms with Gasteiger partial charge in [0.15, 0.2) is 11.6 Å². The largest absolute Gasteiger partial charge is 0.298 e. The summed E-state index contributed by atoms with van der Waals surface area (Å²) in [6, 6.07) is 0. The van der Waals surface area contributed by atoms with Crippen molar-refractivity contribution in [2.24, 2.45) is 39.9 Å². The first kappa shape index (κ1) is 13.9. The number of alkyl halides is 1. The standard InChI is InChI=1S/C19H23BrO2/c1-9-10-4-7-19-13(17(10,2)6-5-12(9)20)8-11-14(15(19)21)18(11,3)16(19)22/h10-14H,1,4-8H2,2-3H3/t10-,11+,12+,13+,14?,17-,18+,19+/m1/s1. The number of Topliss-reactive ketones (excluding diaryl/α,β-unsaturated/α-hetero) is 2. The fourth-order valence-corrected chi connectivity index (χ4v) is 7.94. The van der Waals surface area contributed by atoms with E-state index in [1.165, 1.54) is 5.57 Å². The van der Waals surface area contributed by atoms with Crippen molar-refractivity contribution in [3.8, 4) is 0 Å². The molecular weight excluding hydrogens is 340 g/mol. The van der Waals surface area contributed by atoms with Gasteiger partial charge in [0.2, 0.25) is 0 Å². The molecule has 6 aliphatic rings. The van der Waals surface area contributed by atoms with Gasteiger partial charge >= 0.3 is 0 Å². The number of carbonyl (C=O) groups excluding carboxylic acids is 2. The molecule has 6 fully saturated rings. The third kappa shape index (κ3) is 1.12. The number of fused-ring (bicyclic) bond motifs is 1. The van der Waals surface area contributed by atoms with Crippen LogP contribution in [0.15, 0.2) is 12.2 Å². The quantitative estimate of drug-likeness (QED) is 0.371. The maximum atomic E-state index is 13.2. The maximum absolute atomic E-state index is 13.2. The van der Waals surface area contributed by atoms with Gasteiger partial charge in [0.1, 0.15) is 0 Å². The van der Waals surface area contributed by atoms with Gasteiger partial charge in [-0.3, -0.25) is 9.59 Å². The summed E-state index contributed by atoms with van der Waals surface area (Å²) in [5.41, 5.74) is 0.516. The van der Waals surface area contributed by atoms with Gasteiger partial charge in [0, 0.05) is 16.2 Å². The lowest BCUT2D eigenvalue weighted by molar-refractivity contribution is -0.166. The molecule has 0 aromatic heterocycles. The zero-order valence-corrected chi connectivity index (χ0v) is 14.9. The summed E-state index contributed by atoms with van der Waals surface area (Å²) in [6.07, 6.45) is 5.07. The van der Waals surface area contributed by atoms with Crippen LogP contribution in [0.25, 0.3) is 0 Å². The Morgan fingerprint density at radius 2 is 1.91 bits per heavy atom. The molecule has 0 radical (unpaired) electrons. The van der Waals surface area contributed by atoms with Crippen LogP contribution < -0.4 is 0 Å². The fourth-order valence-electron chi connectivity index (χ4n) is 7.39. The Morgan fingerprint density at radius 1 is 1.18 bits per heavy atom. The predicted molar refractivity (Wildman–Crippen MR) is 87.6 cm³/mol. The van der Waals surface area contributed by atoms with Crippen LogP contribution in [0.2, 0.25) is 0 Å². The van der Waals surface area contributed by atoms with Gasteiger partial charge in [-0.1, -0.05) is 41.9 Å². The van der Waals surface area contributed by atoms with Gasteiger partial charge in [-0.2, -0.15) is 0 Å². The second-order valence-corrected chi connectivity index (χ2v) is 10.1. The highest BCUT2D eigenvalue weighted by molar-refractivity contribution is 9.09. The smallest absolute Gasteiger partial charge is 0.153 e. The van der Waals surface area contributed by atoms with Crippen LogP contribution in [0.1, 0.15) is 46.0 Å². The highest BCUT2D eigenvalue weighted by atomic mass is 79.9. The van der Waals surface area contributed by atoms with E-state index < -0.39 is 5.41 Å². The van der Waals surface area contributed by atoms with E-state index in [-0.39, 0.29) is 22.7 Å². The summed E-state index contributed by atoms with van der Waals surface area (Å²) in [6.45, 7) is 8.78. The van der Waals surface area contributed by atoms with Crippen molar-refractivity contribution in [3.63, 3.8) is 0 Å². The Bertz CT molecular complexity index is 654. The minimum absolute atomic E-state index is 0.0760. The van der Waals surface area contributed by atoms with Crippen LogP contribution in [-0.4, -0.2) is 16.4 Å². The molecule has 0 heterocycles. The lowest BCUT2D eigenvalue weighted by atomic mass is 9.42. The van der Waals surface area contributed by atoms with Crippen LogP contribution in [0, 0.1) is 39.9 Å². The Hall–Kier alpha value is -0.440. The van der Waals surface area contributed by atoms with Crippen LogP contribution in [-0.2, 0) is 9.59 Å². The number of hydrogen-bond acceptors (Lipinski definition) is 2. The molecule has 8 atom stereocenters. The first-order valence-corrected chi connectivity index (χ1v) is 9.63. The predicted octanol–water partition coefficient (Wildman–Crippen LogP) is 3.93. The zero-order valence-electron chi connectivity index (χ0n) is 13.3. The van der Waals surface area contributed by atoms with Gasteiger partial charge in [0.25, 0.3) is 0 Å². The van der Waals surface area contributed by atoms with E-state index in [9.17, 15) is 9.59 Å². The van der Waals surface area contributed by atoms with Crippen molar-refractivity contribution in [2.75, 3.05) is 0 Å². The van der Waals surface area contributed by atoms with E-state index in [4.69, 9.17) is 0 Å². The summed E-state index contributed by atoms with van der Waals surface area (Å²) in [7, 11) is 0. The monoisotopic (exact) mass is 362 g/mol. The average molecular weight is 363 g/mol. The third-order valence-electron chi connectivity index (χ3n) is 8.62. The highest BCUT2D eigenvalue weighted by Crippen LogP contribution is 2.81. The molecule has 6 saturated carbocycles. The van der Waals surface area contributed by atoms with E-state index in [0.717, 1.165) is 32.1 Å². The van der Waals surface area contributed by atoms with Crippen molar-refractivity contribution in [3.05, 3.63) is 12.2 Å². The Balaban J connectivity index is 1.64.